The van der Waals surface area contributed by atoms with Crippen molar-refractivity contribution in [2.45, 2.75) is 38.3 Å². The second kappa shape index (κ2) is 6.38. The van der Waals surface area contributed by atoms with Gasteiger partial charge in [-0.2, -0.15) is 0 Å². The maximum absolute atomic E-state index is 5.66. The highest BCUT2D eigenvalue weighted by molar-refractivity contribution is 4.70. The molecule has 0 spiro atoms. The fraction of sp³-hybridized carbons (Fsp3) is 1.00. The van der Waals surface area contributed by atoms with E-state index in [1.54, 1.807) is 0 Å². The Bertz CT molecular complexity index is 144. The highest BCUT2D eigenvalue weighted by atomic mass is 16.5. The fourth-order valence-corrected chi connectivity index (χ4v) is 1.91. The van der Waals surface area contributed by atoms with Crippen LogP contribution in [0.5, 0.6) is 0 Å². The molecule has 1 saturated heterocycles. The van der Waals surface area contributed by atoms with Crippen LogP contribution >= 0.6 is 0 Å². The van der Waals surface area contributed by atoms with Gasteiger partial charge in [0.05, 0.1) is 6.10 Å². The molecule has 14 heavy (non-hydrogen) atoms. The van der Waals surface area contributed by atoms with Gasteiger partial charge in [-0.25, -0.2) is 0 Å². The number of nitrogens with zero attached hydrogens (tertiary/aromatic N) is 1. The highest BCUT2D eigenvalue weighted by Gasteiger charge is 2.14. The van der Waals surface area contributed by atoms with E-state index in [1.165, 1.54) is 19.3 Å². The topological polar surface area (TPSA) is 24.5 Å². The lowest BCUT2D eigenvalue weighted by Gasteiger charge is -2.25. The molecule has 1 rings (SSSR count). The first-order valence-electron chi connectivity index (χ1n) is 5.68. The molecule has 3 nitrogen and oxygen atoms in total. The van der Waals surface area contributed by atoms with Crippen LogP contribution < -0.4 is 5.32 Å². The number of ether oxygens (including phenoxy) is 1. The van der Waals surface area contributed by atoms with Crippen LogP contribution in [-0.4, -0.2) is 50.8 Å². The minimum Gasteiger partial charge on any atom is -0.377 e. The van der Waals surface area contributed by atoms with E-state index in [2.05, 4.69) is 31.2 Å². The third-order valence-corrected chi connectivity index (χ3v) is 2.61. The van der Waals surface area contributed by atoms with Crippen molar-refractivity contribution in [3.05, 3.63) is 0 Å². The van der Waals surface area contributed by atoms with Crippen LogP contribution in [-0.2, 0) is 4.74 Å². The molecule has 0 aliphatic carbocycles. The lowest BCUT2D eigenvalue weighted by molar-refractivity contribution is 0.0153. The largest absolute Gasteiger partial charge is 0.377 e. The van der Waals surface area contributed by atoms with Gasteiger partial charge in [0.1, 0.15) is 0 Å². The minimum atomic E-state index is 0.452. The molecule has 0 aromatic rings. The minimum absolute atomic E-state index is 0.452. The summed E-state index contributed by atoms with van der Waals surface area (Å²) < 4.78 is 5.66. The first-order chi connectivity index (χ1) is 6.68. The van der Waals surface area contributed by atoms with Crippen LogP contribution in [0.1, 0.15) is 26.2 Å². The van der Waals surface area contributed by atoms with Gasteiger partial charge < -0.3 is 15.0 Å². The number of nitrogens with one attached hydrogen (secondary N) is 1. The predicted molar refractivity (Wildman–Crippen MR) is 59.6 cm³/mol. The van der Waals surface area contributed by atoms with Crippen LogP contribution in [0, 0.1) is 0 Å². The van der Waals surface area contributed by atoms with Crippen molar-refractivity contribution >= 4 is 0 Å². The Balaban J connectivity index is 2.06. The Labute approximate surface area is 87.8 Å². The van der Waals surface area contributed by atoms with Gasteiger partial charge in [0.2, 0.25) is 0 Å². The Morgan fingerprint density at radius 2 is 2.21 bits per heavy atom. The van der Waals surface area contributed by atoms with Gasteiger partial charge in [-0.15, -0.1) is 0 Å². The zero-order chi connectivity index (χ0) is 10.4. The van der Waals surface area contributed by atoms with Crippen molar-refractivity contribution in [1.82, 2.24) is 10.2 Å². The fourth-order valence-electron chi connectivity index (χ4n) is 1.91. The second-order valence-corrected chi connectivity index (χ2v) is 4.56. The van der Waals surface area contributed by atoms with E-state index in [1.807, 2.05) is 0 Å². The van der Waals surface area contributed by atoms with E-state index in [-0.39, 0.29) is 0 Å². The van der Waals surface area contributed by atoms with Gasteiger partial charge in [0.15, 0.2) is 0 Å². The molecule has 0 saturated carbocycles. The highest BCUT2D eigenvalue weighted by Crippen LogP contribution is 2.11. The molecule has 0 bridgehead atoms. The van der Waals surface area contributed by atoms with Crippen LogP contribution in [0.25, 0.3) is 0 Å². The van der Waals surface area contributed by atoms with E-state index < -0.39 is 0 Å². The molecule has 2 atom stereocenters. The third-order valence-electron chi connectivity index (χ3n) is 2.61. The first-order valence-corrected chi connectivity index (χ1v) is 5.68. The number of rotatable bonds is 5. The summed E-state index contributed by atoms with van der Waals surface area (Å²) in [7, 11) is 4.21. The Morgan fingerprint density at radius 1 is 1.43 bits per heavy atom. The van der Waals surface area contributed by atoms with Crippen LogP contribution in [0.4, 0.5) is 0 Å². The normalized spacial score (nSPS) is 25.3. The molecule has 3 heteroatoms. The molecule has 1 N–H and O–H groups in total. The van der Waals surface area contributed by atoms with Crippen LogP contribution in [0.3, 0.4) is 0 Å². The van der Waals surface area contributed by atoms with E-state index in [0.717, 1.165) is 19.7 Å². The maximum Gasteiger partial charge on any atom is 0.0699 e. The zero-order valence-corrected chi connectivity index (χ0v) is 9.75. The van der Waals surface area contributed by atoms with Crippen molar-refractivity contribution < 1.29 is 4.74 Å². The average molecular weight is 200 g/mol. The lowest BCUT2D eigenvalue weighted by Crippen LogP contribution is -2.41. The van der Waals surface area contributed by atoms with Crippen molar-refractivity contribution in [2.75, 3.05) is 33.8 Å². The summed E-state index contributed by atoms with van der Waals surface area (Å²) >= 11 is 0. The summed E-state index contributed by atoms with van der Waals surface area (Å²) in [5, 5.41) is 3.52. The molecule has 0 radical (unpaired) electrons. The molecule has 0 aromatic carbocycles. The monoisotopic (exact) mass is 200 g/mol. The smallest absolute Gasteiger partial charge is 0.0699 e. The number of likely N-dealkylation sites (N-methyl/N-ethyl adjacent to an activating group) is 1. The molecule has 0 aromatic heterocycles. The van der Waals surface area contributed by atoms with E-state index in [0.29, 0.717) is 12.1 Å². The van der Waals surface area contributed by atoms with E-state index in [9.17, 15) is 0 Å². The average Bonchev–Trinajstić information content (AvgIpc) is 2.15. The summed E-state index contributed by atoms with van der Waals surface area (Å²) in [6, 6.07) is 0.551. The maximum atomic E-state index is 5.66. The molecule has 0 amide bonds. The third kappa shape index (κ3) is 4.94. The molecular weight excluding hydrogens is 176 g/mol. The first kappa shape index (κ1) is 12.0. The summed E-state index contributed by atoms with van der Waals surface area (Å²) in [5.74, 6) is 0. The standard InChI is InChI=1S/C11H24N2O/c1-10(9-13(2)3)12-8-11-6-4-5-7-14-11/h10-12H,4-9H2,1-3H3. The Kier molecular flexibility index (Phi) is 5.45. The Morgan fingerprint density at radius 3 is 2.79 bits per heavy atom. The molecule has 1 heterocycles. The van der Waals surface area contributed by atoms with Crippen molar-refractivity contribution in [3.8, 4) is 0 Å². The molecule has 1 fully saturated rings. The summed E-state index contributed by atoms with van der Waals surface area (Å²) in [6.07, 6.45) is 4.24. The van der Waals surface area contributed by atoms with Crippen LogP contribution in [0.15, 0.2) is 0 Å². The molecule has 84 valence electrons. The lowest BCUT2D eigenvalue weighted by atomic mass is 10.1. The number of hydrogen-bond acceptors (Lipinski definition) is 3. The quantitative estimate of drug-likeness (QED) is 0.719. The molecule has 1 aliphatic heterocycles. The second-order valence-electron chi connectivity index (χ2n) is 4.56. The molecule has 2 unspecified atom stereocenters. The van der Waals surface area contributed by atoms with E-state index in [4.69, 9.17) is 4.74 Å². The van der Waals surface area contributed by atoms with Crippen molar-refractivity contribution in [1.29, 1.82) is 0 Å². The number of hydrogen-bond donors (Lipinski definition) is 1. The Hall–Kier alpha value is -0.120. The van der Waals surface area contributed by atoms with Crippen LogP contribution in [0.2, 0.25) is 0 Å². The zero-order valence-electron chi connectivity index (χ0n) is 9.75. The summed E-state index contributed by atoms with van der Waals surface area (Å²) in [4.78, 5) is 2.21. The van der Waals surface area contributed by atoms with Gasteiger partial charge in [-0.1, -0.05) is 0 Å². The molecular formula is C11H24N2O. The van der Waals surface area contributed by atoms with Gasteiger partial charge >= 0.3 is 0 Å². The van der Waals surface area contributed by atoms with Gasteiger partial charge in [0.25, 0.3) is 0 Å². The van der Waals surface area contributed by atoms with Crippen molar-refractivity contribution in [3.63, 3.8) is 0 Å². The van der Waals surface area contributed by atoms with Gasteiger partial charge in [-0.3, -0.25) is 0 Å². The van der Waals surface area contributed by atoms with Crippen molar-refractivity contribution in [2.24, 2.45) is 0 Å². The van der Waals surface area contributed by atoms with Gasteiger partial charge in [-0.05, 0) is 40.3 Å². The van der Waals surface area contributed by atoms with E-state index >= 15 is 0 Å². The summed E-state index contributed by atoms with van der Waals surface area (Å²) in [6.45, 7) is 5.28. The summed E-state index contributed by atoms with van der Waals surface area (Å²) in [5.41, 5.74) is 0. The SMILES string of the molecule is CC(CN(C)C)NCC1CCCCO1. The molecule has 1 aliphatic rings. The van der Waals surface area contributed by atoms with Gasteiger partial charge in [0, 0.05) is 25.7 Å². The predicted octanol–water partition coefficient (Wildman–Crippen LogP) is 1.10.